The number of nitrogens with zero attached hydrogens (tertiary/aromatic N) is 1. The van der Waals surface area contributed by atoms with Crippen LogP contribution in [-0.2, 0) is 12.6 Å². The number of nitrogens with one attached hydrogen (secondary N) is 1. The maximum absolute atomic E-state index is 12.8. The van der Waals surface area contributed by atoms with Gasteiger partial charge < -0.3 is 0 Å². The number of thiazole rings is 1. The molecule has 0 aliphatic heterocycles. The van der Waals surface area contributed by atoms with Gasteiger partial charge in [-0.3, -0.25) is 10.1 Å². The van der Waals surface area contributed by atoms with Gasteiger partial charge in [0.1, 0.15) is 0 Å². The molecular formula is C18H12ClF3N2OS. The Morgan fingerprint density at radius 2 is 1.92 bits per heavy atom. The summed E-state index contributed by atoms with van der Waals surface area (Å²) < 4.78 is 38.3. The first-order chi connectivity index (χ1) is 12.3. The van der Waals surface area contributed by atoms with Gasteiger partial charge in [0.25, 0.3) is 5.91 Å². The Balaban J connectivity index is 1.71. The molecule has 0 fully saturated rings. The van der Waals surface area contributed by atoms with Crippen LogP contribution in [0.4, 0.5) is 18.3 Å². The average molecular weight is 397 g/mol. The highest BCUT2D eigenvalue weighted by Gasteiger charge is 2.30. The van der Waals surface area contributed by atoms with E-state index >= 15 is 0 Å². The zero-order chi connectivity index (χ0) is 18.7. The van der Waals surface area contributed by atoms with E-state index in [2.05, 4.69) is 10.3 Å². The number of aromatic nitrogens is 1. The zero-order valence-electron chi connectivity index (χ0n) is 13.2. The smallest absolute Gasteiger partial charge is 0.298 e. The molecule has 3 aromatic rings. The molecule has 0 radical (unpaired) electrons. The van der Waals surface area contributed by atoms with Gasteiger partial charge in [-0.1, -0.05) is 41.9 Å². The number of rotatable bonds is 4. The summed E-state index contributed by atoms with van der Waals surface area (Å²) in [5.41, 5.74) is 0.156. The van der Waals surface area contributed by atoms with E-state index in [1.807, 2.05) is 0 Å². The zero-order valence-corrected chi connectivity index (χ0v) is 14.8. The second kappa shape index (κ2) is 7.47. The van der Waals surface area contributed by atoms with Crippen molar-refractivity contribution in [2.45, 2.75) is 12.6 Å². The van der Waals surface area contributed by atoms with Gasteiger partial charge in [0.15, 0.2) is 5.13 Å². The van der Waals surface area contributed by atoms with Crippen molar-refractivity contribution in [3.8, 4) is 0 Å². The Morgan fingerprint density at radius 3 is 2.65 bits per heavy atom. The van der Waals surface area contributed by atoms with Crippen molar-refractivity contribution in [1.29, 1.82) is 0 Å². The lowest BCUT2D eigenvalue weighted by atomic mass is 10.1. The van der Waals surface area contributed by atoms with E-state index in [1.54, 1.807) is 30.3 Å². The molecule has 1 N–H and O–H groups in total. The first-order valence-electron chi connectivity index (χ1n) is 7.49. The normalized spacial score (nSPS) is 11.4. The van der Waals surface area contributed by atoms with Gasteiger partial charge in [0.05, 0.1) is 16.1 Å². The molecule has 0 aliphatic carbocycles. The van der Waals surface area contributed by atoms with Crippen LogP contribution in [0.15, 0.2) is 54.7 Å². The van der Waals surface area contributed by atoms with E-state index in [0.29, 0.717) is 27.7 Å². The van der Waals surface area contributed by atoms with Gasteiger partial charge in [0.2, 0.25) is 0 Å². The molecule has 3 rings (SSSR count). The number of alkyl halides is 3. The van der Waals surface area contributed by atoms with Crippen molar-refractivity contribution >= 4 is 34.0 Å². The predicted octanol–water partition coefficient (Wildman–Crippen LogP) is 5.66. The number of carbonyl (C=O) groups excluding carboxylic acids is 1. The molecule has 0 aliphatic rings. The Hall–Kier alpha value is -2.38. The van der Waals surface area contributed by atoms with E-state index in [9.17, 15) is 18.0 Å². The Labute approximate surface area is 156 Å². The quantitative estimate of drug-likeness (QED) is 0.618. The van der Waals surface area contributed by atoms with Crippen molar-refractivity contribution < 1.29 is 18.0 Å². The summed E-state index contributed by atoms with van der Waals surface area (Å²) in [6.45, 7) is 0. The van der Waals surface area contributed by atoms with Crippen LogP contribution < -0.4 is 5.32 Å². The van der Waals surface area contributed by atoms with Crippen molar-refractivity contribution in [1.82, 2.24) is 4.98 Å². The molecule has 26 heavy (non-hydrogen) atoms. The summed E-state index contributed by atoms with van der Waals surface area (Å²) >= 11 is 7.18. The molecule has 0 bridgehead atoms. The largest absolute Gasteiger partial charge is 0.416 e. The first-order valence-corrected chi connectivity index (χ1v) is 8.69. The third kappa shape index (κ3) is 4.42. The number of hydrogen-bond donors (Lipinski definition) is 1. The highest BCUT2D eigenvalue weighted by molar-refractivity contribution is 7.15. The van der Waals surface area contributed by atoms with Crippen LogP contribution in [0.25, 0.3) is 0 Å². The van der Waals surface area contributed by atoms with Gasteiger partial charge in [-0.25, -0.2) is 4.98 Å². The third-order valence-corrected chi connectivity index (χ3v) is 4.77. The predicted molar refractivity (Wildman–Crippen MR) is 95.8 cm³/mol. The lowest BCUT2D eigenvalue weighted by Gasteiger charge is -2.07. The number of hydrogen-bond acceptors (Lipinski definition) is 3. The fraction of sp³-hybridized carbons (Fsp3) is 0.111. The Kier molecular flexibility index (Phi) is 5.29. The van der Waals surface area contributed by atoms with Gasteiger partial charge in [-0.05, 0) is 23.8 Å². The number of anilines is 1. The molecule has 3 nitrogen and oxygen atoms in total. The summed E-state index contributed by atoms with van der Waals surface area (Å²) in [4.78, 5) is 17.0. The molecular weight excluding hydrogens is 385 g/mol. The monoisotopic (exact) mass is 396 g/mol. The third-order valence-electron chi connectivity index (χ3n) is 3.53. The topological polar surface area (TPSA) is 42.0 Å². The van der Waals surface area contributed by atoms with Gasteiger partial charge >= 0.3 is 6.18 Å². The van der Waals surface area contributed by atoms with E-state index in [4.69, 9.17) is 11.6 Å². The Morgan fingerprint density at radius 1 is 1.15 bits per heavy atom. The lowest BCUT2D eigenvalue weighted by Crippen LogP contribution is -2.11. The van der Waals surface area contributed by atoms with Gasteiger partial charge in [-0.15, -0.1) is 11.3 Å². The first kappa shape index (κ1) is 18.4. The lowest BCUT2D eigenvalue weighted by molar-refractivity contribution is -0.137. The number of amides is 1. The van der Waals surface area contributed by atoms with E-state index in [1.165, 1.54) is 23.6 Å². The van der Waals surface area contributed by atoms with Crippen LogP contribution in [0, 0.1) is 0 Å². The molecule has 0 unspecified atom stereocenters. The molecule has 1 amide bonds. The van der Waals surface area contributed by atoms with Crippen molar-refractivity contribution in [3.05, 3.63) is 81.3 Å². The second-order valence-corrected chi connectivity index (χ2v) is 6.96. The molecule has 0 saturated heterocycles. The minimum atomic E-state index is -4.38. The van der Waals surface area contributed by atoms with Crippen LogP contribution in [-0.4, -0.2) is 10.9 Å². The maximum atomic E-state index is 12.8. The minimum Gasteiger partial charge on any atom is -0.298 e. The molecule has 1 aromatic heterocycles. The molecule has 0 spiro atoms. The maximum Gasteiger partial charge on any atom is 0.416 e. The molecule has 1 heterocycles. The van der Waals surface area contributed by atoms with E-state index in [-0.39, 0.29) is 0 Å². The van der Waals surface area contributed by atoms with Crippen molar-refractivity contribution in [3.63, 3.8) is 0 Å². The summed E-state index contributed by atoms with van der Waals surface area (Å²) in [5, 5.41) is 3.33. The summed E-state index contributed by atoms with van der Waals surface area (Å²) in [5.74, 6) is -0.393. The van der Waals surface area contributed by atoms with Crippen LogP contribution in [0.2, 0.25) is 5.02 Å². The van der Waals surface area contributed by atoms with E-state index in [0.717, 1.165) is 17.0 Å². The minimum absolute atomic E-state index is 0.295. The van der Waals surface area contributed by atoms with Crippen LogP contribution in [0.5, 0.6) is 0 Å². The standard InChI is InChI=1S/C18H12ClF3N2OS/c19-15-7-2-1-6-14(15)16(25)24-17-23-10-13(26-17)9-11-4-3-5-12(8-11)18(20,21)22/h1-8,10H,9H2,(H,23,24,25). The summed E-state index contributed by atoms with van der Waals surface area (Å²) in [6.07, 6.45) is -2.55. The summed E-state index contributed by atoms with van der Waals surface area (Å²) in [7, 11) is 0. The van der Waals surface area contributed by atoms with Crippen molar-refractivity contribution in [2.24, 2.45) is 0 Å². The average Bonchev–Trinajstić information content (AvgIpc) is 3.01. The van der Waals surface area contributed by atoms with Crippen LogP contribution in [0.3, 0.4) is 0 Å². The highest BCUT2D eigenvalue weighted by Crippen LogP contribution is 2.30. The van der Waals surface area contributed by atoms with Gasteiger partial charge in [-0.2, -0.15) is 13.2 Å². The van der Waals surface area contributed by atoms with Crippen LogP contribution >= 0.6 is 22.9 Å². The number of carbonyl (C=O) groups is 1. The fourth-order valence-electron chi connectivity index (χ4n) is 2.32. The number of halogens is 4. The van der Waals surface area contributed by atoms with E-state index < -0.39 is 17.6 Å². The molecule has 2 aromatic carbocycles. The van der Waals surface area contributed by atoms with Crippen molar-refractivity contribution in [2.75, 3.05) is 5.32 Å². The van der Waals surface area contributed by atoms with Crippen LogP contribution in [0.1, 0.15) is 26.4 Å². The molecule has 8 heteroatoms. The molecule has 134 valence electrons. The second-order valence-electron chi connectivity index (χ2n) is 5.44. The highest BCUT2D eigenvalue weighted by atomic mass is 35.5. The molecule has 0 atom stereocenters. The summed E-state index contributed by atoms with van der Waals surface area (Å²) in [6, 6.07) is 11.8. The van der Waals surface area contributed by atoms with Gasteiger partial charge in [0, 0.05) is 17.5 Å². The fourth-order valence-corrected chi connectivity index (χ4v) is 3.38. The Bertz CT molecular complexity index is 940. The number of benzene rings is 2. The SMILES string of the molecule is O=C(Nc1ncc(Cc2cccc(C(F)(F)F)c2)s1)c1ccccc1Cl. The molecule has 0 saturated carbocycles.